The topological polar surface area (TPSA) is 144 Å². The van der Waals surface area contributed by atoms with Gasteiger partial charge < -0.3 is 15.9 Å². The molecule has 0 amide bonds. The van der Waals surface area contributed by atoms with E-state index in [0.717, 1.165) is 11.0 Å². The molecule has 0 spiro atoms. The number of hydrogen-bond acceptors (Lipinski definition) is 6. The van der Waals surface area contributed by atoms with Crippen molar-refractivity contribution in [1.29, 1.82) is 0 Å². The highest BCUT2D eigenvalue weighted by molar-refractivity contribution is 5.75. The molecule has 9 nitrogen and oxygen atoms in total. The molecule has 1 aromatic heterocycles. The Kier molecular flexibility index (Phi) is 3.29. The van der Waals surface area contributed by atoms with Crippen molar-refractivity contribution in [1.82, 2.24) is 20.2 Å². The van der Waals surface area contributed by atoms with Crippen molar-refractivity contribution in [3.8, 4) is 0 Å². The molecule has 0 aliphatic carbocycles. The monoisotopic (exact) mass is 215 g/mol. The van der Waals surface area contributed by atoms with Gasteiger partial charge in [-0.1, -0.05) is 0 Å². The van der Waals surface area contributed by atoms with Gasteiger partial charge in [0.2, 0.25) is 0 Å². The maximum atomic E-state index is 10.6. The molecule has 0 saturated carbocycles. The van der Waals surface area contributed by atoms with E-state index in [-0.39, 0.29) is 0 Å². The van der Waals surface area contributed by atoms with E-state index in [1.165, 1.54) is 0 Å². The zero-order valence-electron chi connectivity index (χ0n) is 7.52. The number of nitrogens with two attached hydrogens (primary N) is 1. The SMILES string of the molecule is N[C@H](C(=O)O)C(CC(=O)O)n1cnnn1. The summed E-state index contributed by atoms with van der Waals surface area (Å²) in [4.78, 5) is 21.1. The highest BCUT2D eigenvalue weighted by Crippen LogP contribution is 2.13. The minimum atomic E-state index is -1.37. The summed E-state index contributed by atoms with van der Waals surface area (Å²) in [5.41, 5.74) is 5.32. The Bertz CT molecular complexity index is 350. The second-order valence-corrected chi connectivity index (χ2v) is 2.82. The highest BCUT2D eigenvalue weighted by Gasteiger charge is 2.29. The Morgan fingerprint density at radius 3 is 2.53 bits per heavy atom. The molecule has 0 aliphatic rings. The van der Waals surface area contributed by atoms with Gasteiger partial charge in [-0.15, -0.1) is 5.10 Å². The van der Waals surface area contributed by atoms with E-state index in [4.69, 9.17) is 15.9 Å². The molecule has 1 heterocycles. The first-order chi connectivity index (χ1) is 7.02. The molecule has 0 radical (unpaired) electrons. The largest absolute Gasteiger partial charge is 0.481 e. The second-order valence-electron chi connectivity index (χ2n) is 2.82. The van der Waals surface area contributed by atoms with Crippen LogP contribution < -0.4 is 5.73 Å². The fraction of sp³-hybridized carbons (Fsp3) is 0.500. The van der Waals surface area contributed by atoms with E-state index in [9.17, 15) is 9.59 Å². The van der Waals surface area contributed by atoms with Gasteiger partial charge in [0.25, 0.3) is 0 Å². The molecule has 2 atom stereocenters. The number of rotatable bonds is 5. The Labute approximate surface area is 83.5 Å². The Morgan fingerprint density at radius 1 is 1.47 bits per heavy atom. The van der Waals surface area contributed by atoms with Crippen molar-refractivity contribution in [3.05, 3.63) is 6.33 Å². The van der Waals surface area contributed by atoms with Crippen LogP contribution in [0.1, 0.15) is 12.5 Å². The van der Waals surface area contributed by atoms with Crippen LogP contribution >= 0.6 is 0 Å². The van der Waals surface area contributed by atoms with Gasteiger partial charge in [0.15, 0.2) is 0 Å². The van der Waals surface area contributed by atoms with Crippen LogP contribution in [0.3, 0.4) is 0 Å². The predicted molar refractivity (Wildman–Crippen MR) is 44.7 cm³/mol. The molecule has 4 N–H and O–H groups in total. The van der Waals surface area contributed by atoms with Crippen molar-refractivity contribution in [2.24, 2.45) is 5.73 Å². The third-order valence-electron chi connectivity index (χ3n) is 1.79. The fourth-order valence-corrected chi connectivity index (χ4v) is 1.05. The molecule has 1 unspecified atom stereocenters. The molecule has 9 heteroatoms. The van der Waals surface area contributed by atoms with Crippen LogP contribution in [0.4, 0.5) is 0 Å². The first-order valence-electron chi connectivity index (χ1n) is 3.95. The number of nitrogens with zero attached hydrogens (tertiary/aromatic N) is 4. The molecule has 1 rings (SSSR count). The van der Waals surface area contributed by atoms with Crippen LogP contribution in [0, 0.1) is 0 Å². The average molecular weight is 215 g/mol. The smallest absolute Gasteiger partial charge is 0.322 e. The Hall–Kier alpha value is -2.03. The Balaban J connectivity index is 2.88. The number of aliphatic carboxylic acids is 2. The summed E-state index contributed by atoms with van der Waals surface area (Å²) in [6, 6.07) is -2.38. The first kappa shape index (κ1) is 11.0. The predicted octanol–water partition coefficient (Wildman–Crippen LogP) is -1.90. The van der Waals surface area contributed by atoms with Crippen LogP contribution in [-0.4, -0.2) is 48.4 Å². The summed E-state index contributed by atoms with van der Waals surface area (Å²) in [5.74, 6) is -2.48. The molecule has 0 saturated heterocycles. The van der Waals surface area contributed by atoms with Gasteiger partial charge in [-0.2, -0.15) is 0 Å². The van der Waals surface area contributed by atoms with E-state index in [1.807, 2.05) is 0 Å². The lowest BCUT2D eigenvalue weighted by Gasteiger charge is -2.17. The first-order valence-corrected chi connectivity index (χ1v) is 3.95. The molecular formula is C6H9N5O4. The minimum Gasteiger partial charge on any atom is -0.481 e. The number of carboxylic acid groups (broad SMARTS) is 2. The van der Waals surface area contributed by atoms with E-state index in [1.54, 1.807) is 0 Å². The molecule has 0 aromatic carbocycles. The van der Waals surface area contributed by atoms with E-state index >= 15 is 0 Å². The van der Waals surface area contributed by atoms with Gasteiger partial charge in [0.05, 0.1) is 12.5 Å². The van der Waals surface area contributed by atoms with Crippen molar-refractivity contribution in [2.75, 3.05) is 0 Å². The standard InChI is InChI=1S/C6H9N5O4/c7-5(6(14)15)3(1-4(12)13)11-2-8-9-10-11/h2-3,5H,1,7H2,(H,12,13)(H,14,15)/t3?,5-/m0/s1. The van der Waals surface area contributed by atoms with E-state index < -0.39 is 30.4 Å². The van der Waals surface area contributed by atoms with Crippen LogP contribution in [0.2, 0.25) is 0 Å². The number of carbonyl (C=O) groups is 2. The van der Waals surface area contributed by atoms with Gasteiger partial charge in [-0.25, -0.2) is 4.68 Å². The molecule has 0 aliphatic heterocycles. The minimum absolute atomic E-state index is 0.460. The lowest BCUT2D eigenvalue weighted by molar-refractivity contribution is -0.141. The maximum Gasteiger partial charge on any atom is 0.322 e. The van der Waals surface area contributed by atoms with E-state index in [0.29, 0.717) is 0 Å². The van der Waals surface area contributed by atoms with Crippen LogP contribution in [-0.2, 0) is 9.59 Å². The summed E-state index contributed by atoms with van der Waals surface area (Å²) in [7, 11) is 0. The maximum absolute atomic E-state index is 10.6. The fourth-order valence-electron chi connectivity index (χ4n) is 1.05. The van der Waals surface area contributed by atoms with Crippen LogP contribution in [0.5, 0.6) is 0 Å². The summed E-state index contributed by atoms with van der Waals surface area (Å²) < 4.78 is 1.02. The van der Waals surface area contributed by atoms with Crippen LogP contribution in [0.15, 0.2) is 6.33 Å². The van der Waals surface area contributed by atoms with Gasteiger partial charge in [0.1, 0.15) is 12.4 Å². The Morgan fingerprint density at radius 2 is 2.13 bits per heavy atom. The molecule has 82 valence electrons. The van der Waals surface area contributed by atoms with Crippen LogP contribution in [0.25, 0.3) is 0 Å². The summed E-state index contributed by atoms with van der Waals surface area (Å²) >= 11 is 0. The van der Waals surface area contributed by atoms with E-state index in [2.05, 4.69) is 15.5 Å². The second kappa shape index (κ2) is 4.46. The van der Waals surface area contributed by atoms with Gasteiger partial charge in [-0.05, 0) is 10.4 Å². The van der Waals surface area contributed by atoms with Gasteiger partial charge in [0, 0.05) is 0 Å². The molecule has 0 fully saturated rings. The third-order valence-corrected chi connectivity index (χ3v) is 1.79. The van der Waals surface area contributed by atoms with Crippen molar-refractivity contribution in [2.45, 2.75) is 18.5 Å². The molecular weight excluding hydrogens is 206 g/mol. The number of aromatic nitrogens is 4. The van der Waals surface area contributed by atoms with Crippen molar-refractivity contribution >= 4 is 11.9 Å². The lowest BCUT2D eigenvalue weighted by atomic mass is 10.1. The number of tetrazole rings is 1. The average Bonchev–Trinajstić information content (AvgIpc) is 2.65. The molecule has 0 bridgehead atoms. The van der Waals surface area contributed by atoms with Gasteiger partial charge in [-0.3, -0.25) is 9.59 Å². The van der Waals surface area contributed by atoms with Crippen molar-refractivity contribution in [3.63, 3.8) is 0 Å². The zero-order valence-corrected chi connectivity index (χ0v) is 7.52. The molecule has 15 heavy (non-hydrogen) atoms. The van der Waals surface area contributed by atoms with Gasteiger partial charge >= 0.3 is 11.9 Å². The summed E-state index contributed by atoms with van der Waals surface area (Å²) in [6.07, 6.45) is 0.662. The highest BCUT2D eigenvalue weighted by atomic mass is 16.4. The van der Waals surface area contributed by atoms with Crippen molar-refractivity contribution < 1.29 is 19.8 Å². The number of carboxylic acids is 2. The molecule has 1 aromatic rings. The normalized spacial score (nSPS) is 14.5. The quantitative estimate of drug-likeness (QED) is 0.516. The number of hydrogen-bond donors (Lipinski definition) is 3. The third kappa shape index (κ3) is 2.71. The lowest BCUT2D eigenvalue weighted by Crippen LogP contribution is -2.40. The summed E-state index contributed by atoms with van der Waals surface area (Å²) in [5, 5.41) is 27.2. The summed E-state index contributed by atoms with van der Waals surface area (Å²) in [6.45, 7) is 0. The zero-order chi connectivity index (χ0) is 11.4.